The van der Waals surface area contributed by atoms with Gasteiger partial charge in [0.2, 0.25) is 0 Å². The molecule has 39 heavy (non-hydrogen) atoms. The Labute approximate surface area is 227 Å². The average molecular weight is 524 g/mol. The minimum Gasteiger partial charge on any atom is -0.478 e. The molecule has 9 nitrogen and oxygen atoms in total. The molecule has 0 unspecified atom stereocenters. The summed E-state index contributed by atoms with van der Waals surface area (Å²) in [4.78, 5) is 23.8. The van der Waals surface area contributed by atoms with Crippen molar-refractivity contribution in [2.75, 3.05) is 51.7 Å². The first-order valence-electron chi connectivity index (χ1n) is 13.3. The standard InChI is InChI=1S/C30H33N7O2/c1-33-11-13-35(14-12-33)15-16-36-21-26(24-9-6-10-31-29(24)36)23-17-27-25(30(38)39)19-32-37(27)28(18-23)34(2)20-22-7-4-3-5-8-22/h3-10,17-19,21H,11-16,20H2,1-2H3,(H,38,39). The predicted octanol–water partition coefficient (Wildman–Crippen LogP) is 3.93. The zero-order chi connectivity index (χ0) is 26.9. The molecule has 6 rings (SSSR count). The number of aromatic carboxylic acids is 1. The number of piperazine rings is 1. The summed E-state index contributed by atoms with van der Waals surface area (Å²) in [6.07, 6.45) is 5.43. The maximum absolute atomic E-state index is 12.1. The van der Waals surface area contributed by atoms with Crippen molar-refractivity contribution < 1.29 is 9.90 Å². The summed E-state index contributed by atoms with van der Waals surface area (Å²) < 4.78 is 3.95. The number of rotatable bonds is 8. The molecule has 1 aliphatic rings. The number of benzene rings is 1. The summed E-state index contributed by atoms with van der Waals surface area (Å²) in [5.74, 6) is -0.170. The number of likely N-dealkylation sites (N-methyl/N-ethyl adjacent to an activating group) is 1. The molecular weight excluding hydrogens is 490 g/mol. The van der Waals surface area contributed by atoms with E-state index in [4.69, 9.17) is 4.98 Å². The number of anilines is 1. The lowest BCUT2D eigenvalue weighted by molar-refractivity contribution is 0.0699. The van der Waals surface area contributed by atoms with Crippen molar-refractivity contribution in [1.82, 2.24) is 29.0 Å². The number of nitrogens with zero attached hydrogens (tertiary/aromatic N) is 7. The van der Waals surface area contributed by atoms with Crippen molar-refractivity contribution >= 4 is 28.3 Å². The zero-order valence-corrected chi connectivity index (χ0v) is 22.4. The third-order valence-electron chi connectivity index (χ3n) is 7.68. The molecule has 0 bridgehead atoms. The van der Waals surface area contributed by atoms with Gasteiger partial charge in [-0.1, -0.05) is 30.3 Å². The first kappa shape index (κ1) is 25.1. The van der Waals surface area contributed by atoms with Crippen molar-refractivity contribution in [3.8, 4) is 11.1 Å². The van der Waals surface area contributed by atoms with Crippen molar-refractivity contribution in [2.45, 2.75) is 13.1 Å². The molecular formula is C30H33N7O2. The summed E-state index contributed by atoms with van der Waals surface area (Å²) in [5.41, 5.74) is 4.82. The van der Waals surface area contributed by atoms with Gasteiger partial charge in [-0.2, -0.15) is 5.10 Å². The van der Waals surface area contributed by atoms with Crippen LogP contribution in [0.1, 0.15) is 15.9 Å². The van der Waals surface area contributed by atoms with Gasteiger partial charge in [0, 0.05) is 76.2 Å². The maximum Gasteiger partial charge on any atom is 0.339 e. The Kier molecular flexibility index (Phi) is 6.76. The second-order valence-corrected chi connectivity index (χ2v) is 10.4. The first-order valence-corrected chi connectivity index (χ1v) is 13.3. The number of pyridine rings is 2. The van der Waals surface area contributed by atoms with E-state index >= 15 is 0 Å². The molecule has 1 aliphatic heterocycles. The molecule has 200 valence electrons. The van der Waals surface area contributed by atoms with Gasteiger partial charge < -0.3 is 19.5 Å². The summed E-state index contributed by atoms with van der Waals surface area (Å²) >= 11 is 0. The fourth-order valence-electron chi connectivity index (χ4n) is 5.44. The quantitative estimate of drug-likeness (QED) is 0.330. The normalized spacial score (nSPS) is 14.8. The monoisotopic (exact) mass is 523 g/mol. The summed E-state index contributed by atoms with van der Waals surface area (Å²) in [6, 6.07) is 18.3. The van der Waals surface area contributed by atoms with Crippen LogP contribution in [-0.4, -0.2) is 86.9 Å². The lowest BCUT2D eigenvalue weighted by Gasteiger charge is -2.32. The fraction of sp³-hybridized carbons (Fsp3) is 0.300. The van der Waals surface area contributed by atoms with Crippen LogP contribution in [0.25, 0.3) is 27.7 Å². The Morgan fingerprint density at radius 3 is 2.59 bits per heavy atom. The minimum atomic E-state index is -0.991. The highest BCUT2D eigenvalue weighted by Crippen LogP contribution is 2.34. The molecule has 0 aliphatic carbocycles. The van der Waals surface area contributed by atoms with Gasteiger partial charge in [-0.05, 0) is 42.4 Å². The van der Waals surface area contributed by atoms with E-state index in [9.17, 15) is 9.90 Å². The van der Waals surface area contributed by atoms with Crippen LogP contribution in [0.2, 0.25) is 0 Å². The zero-order valence-electron chi connectivity index (χ0n) is 22.4. The van der Waals surface area contributed by atoms with Gasteiger partial charge in [0.25, 0.3) is 0 Å². The summed E-state index contributed by atoms with van der Waals surface area (Å²) in [5, 5.41) is 15.4. The number of carboxylic acids is 1. The van der Waals surface area contributed by atoms with Gasteiger partial charge in [-0.15, -0.1) is 0 Å². The van der Waals surface area contributed by atoms with Gasteiger partial charge in [-0.25, -0.2) is 14.3 Å². The molecule has 0 saturated carbocycles. The molecule has 0 atom stereocenters. The third-order valence-corrected chi connectivity index (χ3v) is 7.68. The molecule has 4 aromatic heterocycles. The van der Waals surface area contributed by atoms with E-state index in [0.717, 1.165) is 72.8 Å². The lowest BCUT2D eigenvalue weighted by Crippen LogP contribution is -2.45. The Balaban J connectivity index is 1.41. The smallest absolute Gasteiger partial charge is 0.339 e. The second-order valence-electron chi connectivity index (χ2n) is 10.4. The van der Waals surface area contributed by atoms with Crippen molar-refractivity contribution in [3.05, 3.63) is 84.3 Å². The predicted molar refractivity (Wildman–Crippen MR) is 153 cm³/mol. The van der Waals surface area contributed by atoms with E-state index < -0.39 is 5.97 Å². The van der Waals surface area contributed by atoms with E-state index in [1.807, 2.05) is 43.6 Å². The molecule has 0 amide bonds. The fourth-order valence-corrected chi connectivity index (χ4v) is 5.44. The Morgan fingerprint density at radius 1 is 1.03 bits per heavy atom. The van der Waals surface area contributed by atoms with Gasteiger partial charge in [-0.3, -0.25) is 4.90 Å². The number of carbonyl (C=O) groups is 1. The van der Waals surface area contributed by atoms with Gasteiger partial charge >= 0.3 is 5.97 Å². The lowest BCUT2D eigenvalue weighted by atomic mass is 10.1. The molecule has 0 radical (unpaired) electrons. The molecule has 9 heteroatoms. The van der Waals surface area contributed by atoms with Crippen molar-refractivity contribution in [3.63, 3.8) is 0 Å². The molecule has 1 N–H and O–H groups in total. The SMILES string of the molecule is CN1CCN(CCn2cc(-c3cc(N(C)Cc4ccccc4)n4ncc(C(=O)O)c4c3)c3cccnc32)CC1. The highest BCUT2D eigenvalue weighted by Gasteiger charge is 2.20. The van der Waals surface area contributed by atoms with E-state index in [-0.39, 0.29) is 5.56 Å². The first-order chi connectivity index (χ1) is 19.0. The highest BCUT2D eigenvalue weighted by atomic mass is 16.4. The molecule has 1 saturated heterocycles. The second kappa shape index (κ2) is 10.5. The number of hydrogen-bond acceptors (Lipinski definition) is 6. The number of aromatic nitrogens is 4. The van der Waals surface area contributed by atoms with Crippen LogP contribution < -0.4 is 4.90 Å². The number of hydrogen-bond donors (Lipinski definition) is 1. The van der Waals surface area contributed by atoms with Crippen LogP contribution >= 0.6 is 0 Å². The summed E-state index contributed by atoms with van der Waals surface area (Å²) in [6.45, 7) is 6.79. The maximum atomic E-state index is 12.1. The molecule has 1 aromatic carbocycles. The Bertz CT molecular complexity index is 1620. The number of fused-ring (bicyclic) bond motifs is 2. The van der Waals surface area contributed by atoms with Crippen LogP contribution in [0.4, 0.5) is 5.82 Å². The van der Waals surface area contributed by atoms with Gasteiger partial charge in [0.1, 0.15) is 17.0 Å². The van der Waals surface area contributed by atoms with Gasteiger partial charge in [0.05, 0.1) is 11.7 Å². The average Bonchev–Trinajstić information content (AvgIpc) is 3.55. The van der Waals surface area contributed by atoms with E-state index in [1.54, 1.807) is 4.52 Å². The Morgan fingerprint density at radius 2 is 1.82 bits per heavy atom. The number of carboxylic acid groups (broad SMARTS) is 1. The van der Waals surface area contributed by atoms with Crippen LogP contribution in [-0.2, 0) is 13.1 Å². The largest absolute Gasteiger partial charge is 0.478 e. The van der Waals surface area contributed by atoms with E-state index in [1.165, 1.54) is 6.20 Å². The third kappa shape index (κ3) is 4.98. The molecule has 5 aromatic rings. The van der Waals surface area contributed by atoms with Crippen LogP contribution in [0.3, 0.4) is 0 Å². The van der Waals surface area contributed by atoms with Crippen molar-refractivity contribution in [2.24, 2.45) is 0 Å². The van der Waals surface area contributed by atoms with E-state index in [2.05, 4.69) is 61.9 Å². The Hall–Kier alpha value is -4.21. The van der Waals surface area contributed by atoms with Crippen LogP contribution in [0.5, 0.6) is 0 Å². The van der Waals surface area contributed by atoms with Crippen LogP contribution in [0, 0.1) is 0 Å². The highest BCUT2D eigenvalue weighted by molar-refractivity contribution is 5.99. The van der Waals surface area contributed by atoms with Gasteiger partial charge in [0.15, 0.2) is 0 Å². The molecule has 0 spiro atoms. The van der Waals surface area contributed by atoms with Crippen molar-refractivity contribution in [1.29, 1.82) is 0 Å². The van der Waals surface area contributed by atoms with E-state index in [0.29, 0.717) is 12.1 Å². The van der Waals surface area contributed by atoms with Crippen LogP contribution in [0.15, 0.2) is 73.2 Å². The minimum absolute atomic E-state index is 0.183. The topological polar surface area (TPSA) is 82.1 Å². The molecule has 1 fully saturated rings. The summed E-state index contributed by atoms with van der Waals surface area (Å²) in [7, 11) is 4.18. The molecule has 5 heterocycles.